The van der Waals surface area contributed by atoms with Gasteiger partial charge < -0.3 is 14.9 Å². The van der Waals surface area contributed by atoms with Gasteiger partial charge in [-0.2, -0.15) is 0 Å². The molecule has 2 aromatic rings. The Morgan fingerprint density at radius 1 is 1.39 bits per heavy atom. The Morgan fingerprint density at radius 2 is 2.11 bits per heavy atom. The second-order valence-electron chi connectivity index (χ2n) is 4.71. The predicted molar refractivity (Wildman–Crippen MR) is 62.1 cm³/mol. The van der Waals surface area contributed by atoms with Gasteiger partial charge >= 0.3 is 0 Å². The molecule has 0 amide bonds. The van der Waals surface area contributed by atoms with Gasteiger partial charge in [0.2, 0.25) is 5.69 Å². The van der Waals surface area contributed by atoms with Crippen LogP contribution in [-0.4, -0.2) is 11.3 Å². The van der Waals surface area contributed by atoms with Crippen molar-refractivity contribution in [1.29, 1.82) is 0 Å². The zero-order valence-corrected chi connectivity index (χ0v) is 10.2. The van der Waals surface area contributed by atoms with E-state index in [4.69, 9.17) is 4.52 Å². The molecule has 0 radical (unpaired) electrons. The van der Waals surface area contributed by atoms with Crippen molar-refractivity contribution in [2.24, 2.45) is 0 Å². The molecule has 0 bridgehead atoms. The Labute approximate surface area is 105 Å². The number of nitrogens with zero attached hydrogens (tertiary/aromatic N) is 2. The minimum absolute atomic E-state index is 0.372. The van der Waals surface area contributed by atoms with Gasteiger partial charge in [-0.1, -0.05) is 17.7 Å². The smallest absolute Gasteiger partial charge is 0.253 e. The first-order chi connectivity index (χ1) is 8.74. The third-order valence-electron chi connectivity index (χ3n) is 3.11. The van der Waals surface area contributed by atoms with Crippen LogP contribution in [0, 0.1) is 6.92 Å². The number of nitrogens with one attached hydrogen (secondary N) is 1. The van der Waals surface area contributed by atoms with Crippen LogP contribution in [0.2, 0.25) is 0 Å². The summed E-state index contributed by atoms with van der Waals surface area (Å²) in [7, 11) is 0. The van der Waals surface area contributed by atoms with Crippen molar-refractivity contribution in [3.8, 4) is 11.6 Å². The van der Waals surface area contributed by atoms with Crippen LogP contribution in [0.15, 0.2) is 28.8 Å². The van der Waals surface area contributed by atoms with Crippen LogP contribution in [-0.2, 0) is 6.54 Å². The molecular weight excluding hydrogens is 230 g/mol. The van der Waals surface area contributed by atoms with Gasteiger partial charge in [-0.05, 0) is 24.4 Å². The molecule has 1 heterocycles. The summed E-state index contributed by atoms with van der Waals surface area (Å²) >= 11 is 0. The lowest BCUT2D eigenvalue weighted by molar-refractivity contribution is -0.677. The fourth-order valence-corrected chi connectivity index (χ4v) is 1.83. The lowest BCUT2D eigenvalue weighted by Crippen LogP contribution is -2.39. The molecule has 1 aromatic heterocycles. The molecule has 0 spiro atoms. The number of aryl methyl sites for hydroxylation is 1. The van der Waals surface area contributed by atoms with Crippen LogP contribution in [0.1, 0.15) is 24.1 Å². The van der Waals surface area contributed by atoms with Crippen LogP contribution in [0.5, 0.6) is 5.95 Å². The van der Waals surface area contributed by atoms with Crippen molar-refractivity contribution < 1.29 is 14.3 Å². The van der Waals surface area contributed by atoms with Gasteiger partial charge in [0.25, 0.3) is 5.69 Å². The maximum absolute atomic E-state index is 11.6. The fraction of sp³-hybridized carbons (Fsp3) is 0.385. The summed E-state index contributed by atoms with van der Waals surface area (Å²) in [5.74, 6) is -0.372. The SMILES string of the molecule is Cc1ccc(-[n+]2noc([O-])c2CNC2CC2)cc1. The van der Waals surface area contributed by atoms with Crippen LogP contribution in [0.25, 0.3) is 5.69 Å². The summed E-state index contributed by atoms with van der Waals surface area (Å²) in [6, 6.07) is 8.38. The highest BCUT2D eigenvalue weighted by molar-refractivity contribution is 5.27. The maximum Gasteiger partial charge on any atom is 0.253 e. The standard InChI is InChI=1S/C13H15N3O2/c1-9-2-6-11(7-3-9)16-12(13(17)18-15-16)8-14-10-4-5-10/h2-3,6-7,10,14H,4-5,8H2,1H3. The molecule has 1 fully saturated rings. The van der Waals surface area contributed by atoms with Crippen molar-refractivity contribution >= 4 is 0 Å². The van der Waals surface area contributed by atoms with Crippen LogP contribution < -0.4 is 15.1 Å². The van der Waals surface area contributed by atoms with E-state index in [0.717, 1.165) is 5.69 Å². The Morgan fingerprint density at radius 3 is 2.78 bits per heavy atom. The van der Waals surface area contributed by atoms with Gasteiger partial charge in [-0.15, -0.1) is 0 Å². The zero-order chi connectivity index (χ0) is 12.5. The van der Waals surface area contributed by atoms with Crippen molar-refractivity contribution in [2.45, 2.75) is 32.4 Å². The highest BCUT2D eigenvalue weighted by Crippen LogP contribution is 2.20. The van der Waals surface area contributed by atoms with Gasteiger partial charge in [0.15, 0.2) is 5.95 Å². The third-order valence-corrected chi connectivity index (χ3v) is 3.11. The summed E-state index contributed by atoms with van der Waals surface area (Å²) in [6.45, 7) is 2.52. The molecule has 1 N–H and O–H groups in total. The molecule has 0 saturated heterocycles. The summed E-state index contributed by atoms with van der Waals surface area (Å²) in [5.41, 5.74) is 2.56. The molecule has 1 aromatic carbocycles. The quantitative estimate of drug-likeness (QED) is 0.800. The summed E-state index contributed by atoms with van der Waals surface area (Å²) in [5, 5.41) is 18.7. The molecule has 18 heavy (non-hydrogen) atoms. The number of hydrogen-bond donors (Lipinski definition) is 1. The highest BCUT2D eigenvalue weighted by Gasteiger charge is 2.25. The Bertz CT molecular complexity index is 544. The van der Waals surface area contributed by atoms with Gasteiger partial charge in [-0.25, -0.2) is 0 Å². The molecule has 0 unspecified atom stereocenters. The monoisotopic (exact) mass is 245 g/mol. The van der Waals surface area contributed by atoms with Crippen LogP contribution in [0.3, 0.4) is 0 Å². The Hall–Kier alpha value is -1.88. The first-order valence-corrected chi connectivity index (χ1v) is 6.12. The minimum Gasteiger partial charge on any atom is -0.539 e. The average molecular weight is 245 g/mol. The molecule has 3 rings (SSSR count). The summed E-state index contributed by atoms with van der Waals surface area (Å²) in [4.78, 5) is 0. The number of benzene rings is 1. The van der Waals surface area contributed by atoms with E-state index >= 15 is 0 Å². The minimum atomic E-state index is -0.372. The number of hydrogen-bond acceptors (Lipinski definition) is 4. The second-order valence-corrected chi connectivity index (χ2v) is 4.71. The Balaban J connectivity index is 1.88. The largest absolute Gasteiger partial charge is 0.539 e. The van der Waals surface area contributed by atoms with Gasteiger partial charge in [-0.3, -0.25) is 0 Å². The molecule has 0 atom stereocenters. The van der Waals surface area contributed by atoms with E-state index < -0.39 is 0 Å². The van der Waals surface area contributed by atoms with E-state index in [1.165, 1.54) is 18.4 Å². The average Bonchev–Trinajstić information content (AvgIpc) is 3.12. The lowest BCUT2D eigenvalue weighted by atomic mass is 10.2. The molecule has 5 heteroatoms. The number of rotatable bonds is 4. The van der Waals surface area contributed by atoms with Crippen LogP contribution >= 0.6 is 0 Å². The topological polar surface area (TPSA) is 65.0 Å². The van der Waals surface area contributed by atoms with E-state index in [2.05, 4.69) is 10.6 Å². The zero-order valence-electron chi connectivity index (χ0n) is 10.2. The van der Waals surface area contributed by atoms with E-state index in [0.29, 0.717) is 18.3 Å². The first kappa shape index (κ1) is 11.2. The normalized spacial score (nSPS) is 14.9. The lowest BCUT2D eigenvalue weighted by Gasteiger charge is -2.00. The molecule has 94 valence electrons. The van der Waals surface area contributed by atoms with E-state index in [-0.39, 0.29) is 5.95 Å². The van der Waals surface area contributed by atoms with E-state index in [1.807, 2.05) is 31.2 Å². The molecule has 0 aliphatic heterocycles. The van der Waals surface area contributed by atoms with Crippen molar-refractivity contribution in [1.82, 2.24) is 10.6 Å². The van der Waals surface area contributed by atoms with Gasteiger partial charge in [0, 0.05) is 18.2 Å². The molecule has 1 aliphatic rings. The van der Waals surface area contributed by atoms with Crippen molar-refractivity contribution in [3.05, 3.63) is 35.5 Å². The summed E-state index contributed by atoms with van der Waals surface area (Å²) < 4.78 is 6.32. The van der Waals surface area contributed by atoms with E-state index in [9.17, 15) is 5.11 Å². The van der Waals surface area contributed by atoms with Crippen molar-refractivity contribution in [2.75, 3.05) is 0 Å². The fourth-order valence-electron chi connectivity index (χ4n) is 1.83. The maximum atomic E-state index is 11.6. The molecular formula is C13H15N3O2. The molecule has 1 aliphatic carbocycles. The Kier molecular flexibility index (Phi) is 2.76. The van der Waals surface area contributed by atoms with Gasteiger partial charge in [0.05, 0.1) is 11.8 Å². The highest BCUT2D eigenvalue weighted by atomic mass is 16.6. The predicted octanol–water partition coefficient (Wildman–Crippen LogP) is 0.585. The molecule has 5 nitrogen and oxygen atoms in total. The third kappa shape index (κ3) is 2.22. The van der Waals surface area contributed by atoms with Crippen LogP contribution in [0.4, 0.5) is 0 Å². The molecule has 1 saturated carbocycles. The van der Waals surface area contributed by atoms with Gasteiger partial charge in [0.1, 0.15) is 0 Å². The number of aromatic nitrogens is 2. The van der Waals surface area contributed by atoms with Crippen molar-refractivity contribution in [3.63, 3.8) is 0 Å². The van der Waals surface area contributed by atoms with E-state index in [1.54, 1.807) is 4.68 Å². The first-order valence-electron chi connectivity index (χ1n) is 6.12. The summed E-state index contributed by atoms with van der Waals surface area (Å²) in [6.07, 6.45) is 2.37. The second kappa shape index (κ2) is 4.42.